The summed E-state index contributed by atoms with van der Waals surface area (Å²) in [5.74, 6) is -1.07. The van der Waals surface area contributed by atoms with Gasteiger partial charge in [0.1, 0.15) is 0 Å². The highest BCUT2D eigenvalue weighted by molar-refractivity contribution is 5.98. The number of hydrogen-bond acceptors (Lipinski definition) is 3. The minimum atomic E-state index is -1.01. The summed E-state index contributed by atoms with van der Waals surface area (Å²) in [6, 6.07) is 18.9. The average molecular weight is 403 g/mol. The zero-order chi connectivity index (χ0) is 21.3. The molecule has 0 spiro atoms. The summed E-state index contributed by atoms with van der Waals surface area (Å²) in [6.45, 7) is 6.65. The van der Waals surface area contributed by atoms with Crippen LogP contribution in [0.25, 0.3) is 5.69 Å². The lowest BCUT2D eigenvalue weighted by Crippen LogP contribution is -2.48. The molecule has 1 saturated heterocycles. The number of nitrogens with zero attached hydrogens (tertiary/aromatic N) is 3. The molecule has 2 heterocycles. The number of carboxylic acids is 1. The Hall–Kier alpha value is -3.54. The third kappa shape index (κ3) is 3.68. The number of para-hydroxylation sites is 1. The fraction of sp³-hybridized carbons (Fsp3) is 0.250. The molecular formula is C24H25N3O3. The predicted octanol–water partition coefficient (Wildman–Crippen LogP) is 3.75. The molecule has 0 saturated carbocycles. The third-order valence-electron chi connectivity index (χ3n) is 5.68. The van der Waals surface area contributed by atoms with Gasteiger partial charge in [-0.15, -0.1) is 0 Å². The first-order valence-electron chi connectivity index (χ1n) is 10.1. The zero-order valence-corrected chi connectivity index (χ0v) is 17.2. The molecule has 0 radical (unpaired) electrons. The molecule has 3 aromatic rings. The number of aryl methyl sites for hydroxylation is 2. The van der Waals surface area contributed by atoms with Crippen LogP contribution in [-0.4, -0.2) is 52.6 Å². The number of benzene rings is 2. The van der Waals surface area contributed by atoms with Crippen molar-refractivity contribution in [2.24, 2.45) is 0 Å². The molecule has 4 rings (SSSR count). The molecule has 1 aliphatic heterocycles. The molecule has 30 heavy (non-hydrogen) atoms. The van der Waals surface area contributed by atoms with Crippen molar-refractivity contribution in [3.63, 3.8) is 0 Å². The van der Waals surface area contributed by atoms with E-state index in [4.69, 9.17) is 0 Å². The van der Waals surface area contributed by atoms with Crippen LogP contribution < -0.4 is 4.90 Å². The summed E-state index contributed by atoms with van der Waals surface area (Å²) in [4.78, 5) is 29.1. The minimum absolute atomic E-state index is 0.0663. The van der Waals surface area contributed by atoms with Crippen LogP contribution in [0.3, 0.4) is 0 Å². The largest absolute Gasteiger partial charge is 0.478 e. The molecule has 154 valence electrons. The summed E-state index contributed by atoms with van der Waals surface area (Å²) in [6.07, 6.45) is 0. The van der Waals surface area contributed by atoms with Crippen molar-refractivity contribution in [2.45, 2.75) is 13.8 Å². The molecule has 1 amide bonds. The van der Waals surface area contributed by atoms with Crippen molar-refractivity contribution in [2.75, 3.05) is 31.1 Å². The first-order valence-corrected chi connectivity index (χ1v) is 10.1. The van der Waals surface area contributed by atoms with Crippen molar-refractivity contribution in [3.8, 4) is 5.69 Å². The zero-order valence-electron chi connectivity index (χ0n) is 17.2. The van der Waals surface area contributed by atoms with Crippen molar-refractivity contribution >= 4 is 17.6 Å². The molecule has 1 aliphatic rings. The number of rotatable bonds is 4. The Bertz CT molecular complexity index is 1060. The number of anilines is 1. The van der Waals surface area contributed by atoms with Crippen LogP contribution in [0.2, 0.25) is 0 Å². The maximum Gasteiger partial charge on any atom is 0.337 e. The van der Waals surface area contributed by atoms with E-state index in [1.807, 2.05) is 53.6 Å². The van der Waals surface area contributed by atoms with Crippen molar-refractivity contribution in [1.29, 1.82) is 0 Å². The van der Waals surface area contributed by atoms with Crippen LogP contribution in [0.5, 0.6) is 0 Å². The number of amides is 1. The van der Waals surface area contributed by atoms with E-state index < -0.39 is 5.97 Å². The Kier molecular flexibility index (Phi) is 5.31. The molecule has 1 N–H and O–H groups in total. The molecule has 2 aromatic carbocycles. The van der Waals surface area contributed by atoms with Crippen molar-refractivity contribution in [3.05, 3.63) is 83.2 Å². The number of aromatic carboxylic acids is 1. The van der Waals surface area contributed by atoms with E-state index in [9.17, 15) is 14.7 Å². The predicted molar refractivity (Wildman–Crippen MR) is 117 cm³/mol. The SMILES string of the molecule is Cc1ccc(C)n1-c1cc(C(=O)N2CCN(c3ccccc3)CC2)ccc1C(=O)O. The Morgan fingerprint density at radius 1 is 0.833 bits per heavy atom. The number of carbonyl (C=O) groups is 2. The van der Waals surface area contributed by atoms with Crippen LogP contribution >= 0.6 is 0 Å². The van der Waals surface area contributed by atoms with Gasteiger partial charge in [0, 0.05) is 48.8 Å². The van der Waals surface area contributed by atoms with E-state index in [1.54, 1.807) is 12.1 Å². The Morgan fingerprint density at radius 3 is 2.07 bits per heavy atom. The summed E-state index contributed by atoms with van der Waals surface area (Å²) in [7, 11) is 0. The molecule has 1 aromatic heterocycles. The van der Waals surface area contributed by atoms with Gasteiger partial charge in [0.2, 0.25) is 0 Å². The number of piperazine rings is 1. The van der Waals surface area contributed by atoms with Gasteiger partial charge in [-0.3, -0.25) is 4.79 Å². The van der Waals surface area contributed by atoms with Gasteiger partial charge in [-0.25, -0.2) is 4.79 Å². The third-order valence-corrected chi connectivity index (χ3v) is 5.68. The Balaban J connectivity index is 1.58. The molecule has 0 aliphatic carbocycles. The normalized spacial score (nSPS) is 14.1. The van der Waals surface area contributed by atoms with Crippen LogP contribution in [-0.2, 0) is 0 Å². The van der Waals surface area contributed by atoms with E-state index in [-0.39, 0.29) is 11.5 Å². The summed E-state index contributed by atoms with van der Waals surface area (Å²) in [5.41, 5.74) is 4.23. The highest BCUT2D eigenvalue weighted by Gasteiger charge is 2.24. The second-order valence-electron chi connectivity index (χ2n) is 7.60. The monoisotopic (exact) mass is 403 g/mol. The van der Waals surface area contributed by atoms with Crippen LogP contribution in [0.15, 0.2) is 60.7 Å². The minimum Gasteiger partial charge on any atom is -0.478 e. The highest BCUT2D eigenvalue weighted by atomic mass is 16.4. The van der Waals surface area contributed by atoms with Gasteiger partial charge in [-0.05, 0) is 56.3 Å². The van der Waals surface area contributed by atoms with Gasteiger partial charge in [-0.1, -0.05) is 18.2 Å². The van der Waals surface area contributed by atoms with Gasteiger partial charge in [0.15, 0.2) is 0 Å². The maximum absolute atomic E-state index is 13.2. The summed E-state index contributed by atoms with van der Waals surface area (Å²) < 4.78 is 1.88. The van der Waals surface area contributed by atoms with Crippen molar-refractivity contribution in [1.82, 2.24) is 9.47 Å². The Labute approximate surface area is 176 Å². The van der Waals surface area contributed by atoms with E-state index in [0.717, 1.165) is 30.2 Å². The average Bonchev–Trinajstić information content (AvgIpc) is 3.11. The second-order valence-corrected chi connectivity index (χ2v) is 7.60. The smallest absolute Gasteiger partial charge is 0.337 e. The quantitative estimate of drug-likeness (QED) is 0.720. The van der Waals surface area contributed by atoms with Gasteiger partial charge >= 0.3 is 5.97 Å². The highest BCUT2D eigenvalue weighted by Crippen LogP contribution is 2.24. The Morgan fingerprint density at radius 2 is 1.47 bits per heavy atom. The first kappa shape index (κ1) is 19.8. The van der Waals surface area contributed by atoms with Crippen LogP contribution in [0, 0.1) is 13.8 Å². The molecule has 0 bridgehead atoms. The second kappa shape index (κ2) is 8.06. The lowest BCUT2D eigenvalue weighted by Gasteiger charge is -2.36. The summed E-state index contributed by atoms with van der Waals surface area (Å²) in [5, 5.41) is 9.65. The number of hydrogen-bond donors (Lipinski definition) is 1. The van der Waals surface area contributed by atoms with Crippen molar-refractivity contribution < 1.29 is 14.7 Å². The fourth-order valence-electron chi connectivity index (χ4n) is 4.07. The maximum atomic E-state index is 13.2. The number of carboxylic acid groups (broad SMARTS) is 1. The van der Waals surface area contributed by atoms with Crippen LogP contribution in [0.4, 0.5) is 5.69 Å². The molecule has 1 fully saturated rings. The number of carbonyl (C=O) groups excluding carboxylic acids is 1. The van der Waals surface area contributed by atoms with Gasteiger partial charge in [0.05, 0.1) is 11.3 Å². The fourth-order valence-corrected chi connectivity index (χ4v) is 4.07. The topological polar surface area (TPSA) is 65.8 Å². The van der Waals surface area contributed by atoms with Gasteiger partial charge < -0.3 is 19.5 Å². The summed E-state index contributed by atoms with van der Waals surface area (Å²) >= 11 is 0. The molecule has 6 nitrogen and oxygen atoms in total. The first-order chi connectivity index (χ1) is 14.5. The van der Waals surface area contributed by atoms with Crippen LogP contribution in [0.1, 0.15) is 32.1 Å². The lowest BCUT2D eigenvalue weighted by molar-refractivity contribution is 0.0693. The lowest BCUT2D eigenvalue weighted by atomic mass is 10.1. The molecule has 0 atom stereocenters. The van der Waals surface area contributed by atoms with E-state index in [1.165, 1.54) is 6.07 Å². The molecule has 0 unspecified atom stereocenters. The molecular weight excluding hydrogens is 378 g/mol. The van der Waals surface area contributed by atoms with E-state index in [0.29, 0.717) is 24.3 Å². The van der Waals surface area contributed by atoms with Gasteiger partial charge in [-0.2, -0.15) is 0 Å². The van der Waals surface area contributed by atoms with Gasteiger partial charge in [0.25, 0.3) is 5.91 Å². The molecule has 6 heteroatoms. The van der Waals surface area contributed by atoms with E-state index in [2.05, 4.69) is 17.0 Å². The van der Waals surface area contributed by atoms with E-state index >= 15 is 0 Å². The number of aromatic nitrogens is 1. The standard InChI is InChI=1S/C24H25N3O3/c1-17-8-9-18(2)27(17)22-16-19(10-11-21(22)24(29)30)23(28)26-14-12-25(13-15-26)20-6-4-3-5-7-20/h3-11,16H,12-15H2,1-2H3,(H,29,30).